The average Bonchev–Trinajstić information content (AvgIpc) is 3.49. The second-order valence-corrected chi connectivity index (χ2v) is 12.8. The normalized spacial score (nSPS) is 20.3. The third-order valence-electron chi connectivity index (χ3n) is 8.07. The first-order valence-corrected chi connectivity index (χ1v) is 15.5. The van der Waals surface area contributed by atoms with E-state index < -0.39 is 9.84 Å². The summed E-state index contributed by atoms with van der Waals surface area (Å²) in [6, 6.07) is 13.6. The highest BCUT2D eigenvalue weighted by Gasteiger charge is 2.45. The van der Waals surface area contributed by atoms with Crippen LogP contribution in [0.1, 0.15) is 44.2 Å². The van der Waals surface area contributed by atoms with Crippen molar-refractivity contribution >= 4 is 33.1 Å². The fourth-order valence-corrected chi connectivity index (χ4v) is 7.37. The molecule has 0 spiro atoms. The molecule has 0 aliphatic carbocycles. The van der Waals surface area contributed by atoms with E-state index in [1.807, 2.05) is 47.4 Å². The molecular formula is C29H31N7O4S. The van der Waals surface area contributed by atoms with Crippen molar-refractivity contribution in [2.75, 3.05) is 18.5 Å². The molecule has 3 N–H and O–H groups in total. The summed E-state index contributed by atoms with van der Waals surface area (Å²) >= 11 is 0. The highest BCUT2D eigenvalue weighted by atomic mass is 32.2. The van der Waals surface area contributed by atoms with Crippen LogP contribution >= 0.6 is 0 Å². The van der Waals surface area contributed by atoms with Crippen LogP contribution in [-0.4, -0.2) is 69.6 Å². The summed E-state index contributed by atoms with van der Waals surface area (Å²) in [4.78, 5) is 35.6. The van der Waals surface area contributed by atoms with Crippen LogP contribution in [0, 0.1) is 0 Å². The molecule has 0 saturated carbocycles. The van der Waals surface area contributed by atoms with E-state index in [2.05, 4.69) is 15.4 Å². The van der Waals surface area contributed by atoms with Crippen molar-refractivity contribution < 1.29 is 18.0 Å². The number of carbonyl (C=O) groups excluding carboxylic acids is 2. The molecule has 12 heteroatoms. The van der Waals surface area contributed by atoms with Crippen LogP contribution in [0.25, 0.3) is 28.0 Å². The number of piperidine rings is 1. The zero-order chi connectivity index (χ0) is 28.9. The molecule has 2 saturated heterocycles. The van der Waals surface area contributed by atoms with Gasteiger partial charge in [-0.05, 0) is 31.7 Å². The second-order valence-electron chi connectivity index (χ2n) is 10.8. The van der Waals surface area contributed by atoms with Crippen molar-refractivity contribution in [3.63, 3.8) is 0 Å². The number of nitrogens with one attached hydrogen (secondary N) is 1. The molecule has 41 heavy (non-hydrogen) atoms. The SMILES string of the molecule is CC(=O)NCC(=O)N1C2CCC1CC(c1nc3c(-c4ccc(-c5ccccc5)nc4)cnn3c(N)c1S(C)(=O)=O)C2. The molecule has 2 amide bonds. The Bertz CT molecular complexity index is 1740. The molecule has 11 nitrogen and oxygen atoms in total. The zero-order valence-electron chi connectivity index (χ0n) is 22.8. The maximum Gasteiger partial charge on any atom is 0.242 e. The van der Waals surface area contributed by atoms with Crippen LogP contribution in [0.2, 0.25) is 0 Å². The smallest absolute Gasteiger partial charge is 0.242 e. The summed E-state index contributed by atoms with van der Waals surface area (Å²) in [5.41, 5.74) is 10.7. The molecule has 0 radical (unpaired) electrons. The Morgan fingerprint density at radius 3 is 2.34 bits per heavy atom. The predicted molar refractivity (Wildman–Crippen MR) is 153 cm³/mol. The number of hydrogen-bond donors (Lipinski definition) is 2. The van der Waals surface area contributed by atoms with Crippen molar-refractivity contribution in [1.29, 1.82) is 0 Å². The van der Waals surface area contributed by atoms with E-state index in [9.17, 15) is 18.0 Å². The van der Waals surface area contributed by atoms with Gasteiger partial charge in [0.2, 0.25) is 11.8 Å². The van der Waals surface area contributed by atoms with Crippen LogP contribution in [0.3, 0.4) is 0 Å². The highest BCUT2D eigenvalue weighted by Crippen LogP contribution is 2.45. The Balaban J connectivity index is 1.38. The van der Waals surface area contributed by atoms with Crippen molar-refractivity contribution in [3.8, 4) is 22.4 Å². The van der Waals surface area contributed by atoms with Crippen molar-refractivity contribution in [3.05, 3.63) is 60.6 Å². The van der Waals surface area contributed by atoms with Crippen molar-refractivity contribution in [2.45, 2.75) is 55.5 Å². The number of amides is 2. The summed E-state index contributed by atoms with van der Waals surface area (Å²) in [6.07, 6.45) is 7.26. The standard InChI is InChI=1S/C29H31N7O4S/c1-17(37)31-16-25(38)35-21-9-10-22(35)13-20(12-21)26-27(41(2,39)40)28(30)36-29(34-26)23(15-33-36)19-8-11-24(32-14-19)18-6-4-3-5-7-18/h3-8,11,14-15,20-22H,9-10,12-13,16,30H2,1-2H3,(H,31,37). The van der Waals surface area contributed by atoms with Gasteiger partial charge < -0.3 is 16.0 Å². The Hall–Kier alpha value is -4.32. The fraction of sp³-hybridized carbons (Fsp3) is 0.345. The van der Waals surface area contributed by atoms with Gasteiger partial charge in [-0.2, -0.15) is 9.61 Å². The minimum atomic E-state index is -3.75. The molecule has 2 unspecified atom stereocenters. The first-order valence-electron chi connectivity index (χ1n) is 13.6. The van der Waals surface area contributed by atoms with Crippen molar-refractivity contribution in [2.24, 2.45) is 0 Å². The van der Waals surface area contributed by atoms with Gasteiger partial charge in [0.1, 0.15) is 10.7 Å². The number of fused-ring (bicyclic) bond motifs is 3. The third-order valence-corrected chi connectivity index (χ3v) is 9.23. The van der Waals surface area contributed by atoms with Gasteiger partial charge in [0.05, 0.1) is 24.1 Å². The lowest BCUT2D eigenvalue weighted by molar-refractivity contribution is -0.136. The molecule has 3 aromatic heterocycles. The number of aromatic nitrogens is 4. The summed E-state index contributed by atoms with van der Waals surface area (Å²) in [5.74, 6) is -0.574. The Morgan fingerprint density at radius 1 is 1.02 bits per heavy atom. The van der Waals surface area contributed by atoms with Gasteiger partial charge >= 0.3 is 0 Å². The molecule has 4 aromatic rings. The summed E-state index contributed by atoms with van der Waals surface area (Å²) in [6.45, 7) is 1.33. The summed E-state index contributed by atoms with van der Waals surface area (Å²) in [7, 11) is -3.75. The van der Waals surface area contributed by atoms with E-state index in [1.165, 1.54) is 11.4 Å². The minimum Gasteiger partial charge on any atom is -0.382 e. The van der Waals surface area contributed by atoms with Crippen LogP contribution in [-0.2, 0) is 19.4 Å². The van der Waals surface area contributed by atoms with Crippen molar-refractivity contribution in [1.82, 2.24) is 29.8 Å². The molecule has 2 aliphatic rings. The van der Waals surface area contributed by atoms with Crippen LogP contribution < -0.4 is 11.1 Å². The maximum absolute atomic E-state index is 13.0. The highest BCUT2D eigenvalue weighted by molar-refractivity contribution is 7.91. The Morgan fingerprint density at radius 2 is 1.73 bits per heavy atom. The largest absolute Gasteiger partial charge is 0.382 e. The van der Waals surface area contributed by atoms with Gasteiger partial charge in [-0.15, -0.1) is 0 Å². The van der Waals surface area contributed by atoms with E-state index in [-0.39, 0.29) is 47.1 Å². The average molecular weight is 574 g/mol. The van der Waals surface area contributed by atoms with Crippen LogP contribution in [0.4, 0.5) is 5.82 Å². The number of sulfone groups is 1. The molecular weight excluding hydrogens is 542 g/mol. The number of hydrogen-bond acceptors (Lipinski definition) is 8. The van der Waals surface area contributed by atoms with Gasteiger partial charge in [-0.3, -0.25) is 14.6 Å². The monoisotopic (exact) mass is 573 g/mol. The van der Waals surface area contributed by atoms with E-state index in [4.69, 9.17) is 10.7 Å². The lowest BCUT2D eigenvalue weighted by Crippen LogP contribution is -2.49. The number of benzene rings is 1. The number of pyridine rings is 1. The number of rotatable bonds is 6. The molecule has 212 valence electrons. The molecule has 2 fully saturated rings. The van der Waals surface area contributed by atoms with Gasteiger partial charge in [0.15, 0.2) is 15.5 Å². The number of nitrogens with two attached hydrogens (primary N) is 1. The van der Waals surface area contributed by atoms with Gasteiger partial charge in [0, 0.05) is 54.1 Å². The van der Waals surface area contributed by atoms with E-state index in [0.29, 0.717) is 29.7 Å². The first-order chi connectivity index (χ1) is 19.6. The number of nitrogen functional groups attached to an aromatic ring is 1. The van der Waals surface area contributed by atoms with Gasteiger partial charge in [-0.25, -0.2) is 13.4 Å². The number of carbonyl (C=O) groups is 2. The Kier molecular flexibility index (Phi) is 6.72. The maximum atomic E-state index is 13.0. The van der Waals surface area contributed by atoms with Crippen LogP contribution in [0.15, 0.2) is 59.8 Å². The molecule has 6 rings (SSSR count). The van der Waals surface area contributed by atoms with Gasteiger partial charge in [0.25, 0.3) is 0 Å². The predicted octanol–water partition coefficient (Wildman–Crippen LogP) is 2.82. The Labute approximate surface area is 237 Å². The molecule has 1 aromatic carbocycles. The third kappa shape index (κ3) is 4.92. The van der Waals surface area contributed by atoms with E-state index in [0.717, 1.165) is 35.9 Å². The second kappa shape index (κ2) is 10.3. The van der Waals surface area contributed by atoms with Crippen LogP contribution in [0.5, 0.6) is 0 Å². The van der Waals surface area contributed by atoms with E-state index in [1.54, 1.807) is 12.4 Å². The van der Waals surface area contributed by atoms with Gasteiger partial charge in [-0.1, -0.05) is 36.4 Å². The van der Waals surface area contributed by atoms with E-state index >= 15 is 0 Å². The topological polar surface area (TPSA) is 153 Å². The molecule has 2 bridgehead atoms. The lowest BCUT2D eigenvalue weighted by atomic mass is 9.87. The quantitative estimate of drug-likeness (QED) is 0.357. The summed E-state index contributed by atoms with van der Waals surface area (Å²) in [5, 5.41) is 6.99. The number of anilines is 1. The molecule has 2 atom stereocenters. The number of nitrogens with zero attached hydrogens (tertiary/aromatic N) is 5. The molecule has 2 aliphatic heterocycles. The summed E-state index contributed by atoms with van der Waals surface area (Å²) < 4.78 is 27.4. The zero-order valence-corrected chi connectivity index (χ0v) is 23.6. The molecule has 5 heterocycles. The minimum absolute atomic E-state index is 0.0142. The fourth-order valence-electron chi connectivity index (χ4n) is 6.31. The lowest BCUT2D eigenvalue weighted by Gasteiger charge is -2.39. The first kappa shape index (κ1) is 26.9.